The van der Waals surface area contributed by atoms with E-state index in [0.29, 0.717) is 0 Å². The first-order valence-electron chi connectivity index (χ1n) is 0.756. The summed E-state index contributed by atoms with van der Waals surface area (Å²) >= 11 is 13.3. The van der Waals surface area contributed by atoms with Gasteiger partial charge in [-0.25, -0.2) is 0 Å². The van der Waals surface area contributed by atoms with Crippen LogP contribution in [-0.2, 0) is 21.1 Å². The third kappa shape index (κ3) is 26.2. The van der Waals surface area contributed by atoms with Crippen LogP contribution in [0, 0.1) is 0 Å². The van der Waals surface area contributed by atoms with E-state index in [2.05, 4.69) is 50.8 Å². The number of hydrogen-bond acceptors (Lipinski definition) is 0. The van der Waals surface area contributed by atoms with Gasteiger partial charge in [0.25, 0.3) is 0 Å². The summed E-state index contributed by atoms with van der Waals surface area (Å²) in [6.07, 6.45) is 0. The Morgan fingerprint density at radius 2 is 0.833 bits per heavy atom. The summed E-state index contributed by atoms with van der Waals surface area (Å²) < 4.78 is 0. The number of hydrogen-bond donors (Lipinski definition) is 0. The van der Waals surface area contributed by atoms with Gasteiger partial charge in [-0.2, -0.15) is 0 Å². The summed E-state index contributed by atoms with van der Waals surface area (Å²) in [6, 6.07) is 0. The van der Waals surface area contributed by atoms with Crippen LogP contribution in [-0.4, -0.2) is 9.49 Å². The van der Waals surface area contributed by atoms with Crippen molar-refractivity contribution in [2.75, 3.05) is 0 Å². The van der Waals surface area contributed by atoms with Crippen molar-refractivity contribution in [3.8, 4) is 0 Å². The van der Waals surface area contributed by atoms with E-state index >= 15 is 0 Å². The van der Waals surface area contributed by atoms with E-state index in [0.717, 1.165) is 0 Å². The van der Waals surface area contributed by atoms with E-state index in [4.69, 9.17) is 0 Å². The number of halogens is 4. The van der Waals surface area contributed by atoms with E-state index < -0.39 is 9.49 Å². The average molecular weight is 633 g/mol. The average Bonchev–Trinajstić information content (AvgIpc) is 0.722. The topological polar surface area (TPSA) is 0 Å². The Kier molecular flexibility index (Phi) is 10.5. The van der Waals surface area contributed by atoms with Gasteiger partial charge in [-0.1, -0.05) is 0 Å². The second-order valence-electron chi connectivity index (χ2n) is 0.429. The summed E-state index contributed by atoms with van der Waals surface area (Å²) in [5.41, 5.74) is 0. The largest absolute Gasteiger partial charge is 0 e. The third-order valence-corrected chi connectivity index (χ3v) is 0. The Morgan fingerprint density at radius 3 is 0.833 bits per heavy atom. The molecule has 0 saturated heterocycles. The molecule has 0 fully saturated rings. The molecule has 0 nitrogen and oxygen atoms in total. The van der Waals surface area contributed by atoms with Crippen LogP contribution in [0.5, 0.6) is 0 Å². The monoisotopic (exact) mass is 631 g/mol. The van der Waals surface area contributed by atoms with Crippen molar-refractivity contribution in [2.45, 2.75) is 0 Å². The molecule has 0 heterocycles. The molecule has 0 aliphatic rings. The predicted octanol–water partition coefficient (Wildman–Crippen LogP) is 3.00. The maximum atomic E-state index is 3.34. The van der Waals surface area contributed by atoms with Crippen LogP contribution in [0.3, 0.4) is 0 Å². The maximum absolute atomic E-state index is 3.34. The van der Waals surface area contributed by atoms with Gasteiger partial charge in [0, 0.05) is 21.1 Å². The van der Waals surface area contributed by atoms with Crippen molar-refractivity contribution >= 4 is 60.3 Å². The molecule has 0 bridgehead atoms. The molecule has 0 radical (unpaired) electrons. The molecule has 0 spiro atoms. The Balaban J connectivity index is 0. The van der Waals surface area contributed by atoms with Gasteiger partial charge in [-0.3, -0.25) is 0 Å². The Morgan fingerprint density at radius 1 is 0.833 bits per heavy atom. The Hall–Kier alpha value is 3.41. The zero-order valence-electron chi connectivity index (χ0n) is 2.33. The molecule has 0 aliphatic carbocycles. The molecule has 6 heavy (non-hydrogen) atoms. The zero-order chi connectivity index (χ0) is 4.50. The summed E-state index contributed by atoms with van der Waals surface area (Å²) in [5.74, 6) is 0. The Labute approximate surface area is 79.4 Å². The van der Waals surface area contributed by atoms with Crippen molar-refractivity contribution in [1.82, 2.24) is 0 Å². The molecule has 0 rings (SSSR count). The Bertz CT molecular complexity index is 23.0. The quantitative estimate of drug-likeness (QED) is 0.361. The minimum Gasteiger partial charge on any atom is 0 e. The molecule has 0 saturated carbocycles. The summed E-state index contributed by atoms with van der Waals surface area (Å²) in [4.78, 5) is 0. The van der Waals surface area contributed by atoms with Crippen LogP contribution >= 0.6 is 50.8 Å². The van der Waals surface area contributed by atoms with Crippen molar-refractivity contribution in [3.05, 3.63) is 0 Å². The van der Waals surface area contributed by atoms with E-state index in [1.54, 1.807) is 0 Å². The van der Waals surface area contributed by atoms with Crippen LogP contribution in [0.1, 0.15) is 0 Å². The molecule has 0 N–H and O–H groups in total. The van der Waals surface area contributed by atoms with E-state index in [1.807, 2.05) is 0 Å². The fourth-order valence-corrected chi connectivity index (χ4v) is 0. The van der Waals surface area contributed by atoms with E-state index in [1.165, 1.54) is 0 Å². The fourth-order valence-electron chi connectivity index (χ4n) is 0. The van der Waals surface area contributed by atoms with Crippen LogP contribution in [0.4, 0.5) is 0 Å². The molecular weight excluding hydrogens is 633 g/mol. The first-order valence-corrected chi connectivity index (χ1v) is 26.3. The van der Waals surface area contributed by atoms with Gasteiger partial charge in [0.2, 0.25) is 0 Å². The second kappa shape index (κ2) is 5.21. The third-order valence-electron chi connectivity index (χ3n) is 0. The summed E-state index contributed by atoms with van der Waals surface area (Å²) in [7, 11) is -1.93. The first-order chi connectivity index (χ1) is 2.00. The minimum atomic E-state index is -1.93. The molecule has 0 aromatic carbocycles. The van der Waals surface area contributed by atoms with Crippen LogP contribution in [0.15, 0.2) is 0 Å². The van der Waals surface area contributed by atoms with Gasteiger partial charge in [0.05, 0.1) is 0 Å². The smallest absolute Gasteiger partial charge is 0 e. The minimum absolute atomic E-state index is 0. The van der Waals surface area contributed by atoms with Gasteiger partial charge >= 0.3 is 60.3 Å². The molecule has 0 unspecified atom stereocenters. The summed E-state index contributed by atoms with van der Waals surface area (Å²) in [5, 5.41) is 0. The predicted molar refractivity (Wildman–Crippen MR) is 41.5 cm³/mol. The van der Waals surface area contributed by atoms with Crippen molar-refractivity contribution in [3.63, 3.8) is 0 Å². The van der Waals surface area contributed by atoms with Gasteiger partial charge in [-0.15, -0.1) is 0 Å². The molecular formula is Br4PtSn. The normalized spacial score (nSPS) is 10.0. The van der Waals surface area contributed by atoms with Gasteiger partial charge in [-0.05, 0) is 0 Å². The molecule has 6 heteroatoms. The molecule has 0 aromatic heterocycles. The van der Waals surface area contributed by atoms with Crippen LogP contribution in [0.25, 0.3) is 0 Å². The second-order valence-corrected chi connectivity index (χ2v) is 77.6. The van der Waals surface area contributed by atoms with Gasteiger partial charge < -0.3 is 0 Å². The number of rotatable bonds is 0. The van der Waals surface area contributed by atoms with E-state index in [9.17, 15) is 0 Å². The first kappa shape index (κ1) is 12.1. The maximum Gasteiger partial charge on any atom is 0 e. The van der Waals surface area contributed by atoms with Crippen molar-refractivity contribution in [1.29, 1.82) is 0 Å². The van der Waals surface area contributed by atoms with Gasteiger partial charge in [0.15, 0.2) is 0 Å². The van der Waals surface area contributed by atoms with Crippen molar-refractivity contribution in [2.24, 2.45) is 0 Å². The molecule has 0 aliphatic heterocycles. The van der Waals surface area contributed by atoms with Crippen molar-refractivity contribution < 1.29 is 21.1 Å². The van der Waals surface area contributed by atoms with E-state index in [-0.39, 0.29) is 21.1 Å². The standard InChI is InChI=1S/4BrH.Pt.Sn/h4*1H;;/q;;;;;+4/p-4. The van der Waals surface area contributed by atoms with Crippen LogP contribution < -0.4 is 0 Å². The molecule has 0 amide bonds. The SMILES string of the molecule is [Br][Sn]([Br])([Br])[Br].[Pt]. The van der Waals surface area contributed by atoms with Gasteiger partial charge in [0.1, 0.15) is 0 Å². The molecule has 42 valence electrons. The van der Waals surface area contributed by atoms with Crippen LogP contribution in [0.2, 0.25) is 0 Å². The molecule has 0 aromatic rings. The molecule has 0 atom stereocenters. The zero-order valence-corrected chi connectivity index (χ0v) is 13.8. The summed E-state index contributed by atoms with van der Waals surface area (Å²) in [6.45, 7) is 0. The fraction of sp³-hybridized carbons (Fsp3) is 0.